The molecule has 1 aromatic heterocycles. The number of hydrogen-bond acceptors (Lipinski definition) is 9. The Bertz CT molecular complexity index is 2210. The zero-order valence-electron chi connectivity index (χ0n) is 28.0. The molecule has 5 aromatic rings. The molecule has 0 saturated carbocycles. The van der Waals surface area contributed by atoms with Crippen molar-refractivity contribution < 1.29 is 28.5 Å². The second kappa shape index (κ2) is 15.7. The van der Waals surface area contributed by atoms with Gasteiger partial charge in [0, 0.05) is 5.56 Å². The van der Waals surface area contributed by atoms with E-state index in [4.69, 9.17) is 23.9 Å². The van der Waals surface area contributed by atoms with Crippen molar-refractivity contribution in [3.8, 4) is 11.5 Å². The van der Waals surface area contributed by atoms with Crippen LogP contribution in [-0.4, -0.2) is 36.3 Å². The lowest BCUT2D eigenvalue weighted by atomic mass is 9.93. The smallest absolute Gasteiger partial charge is 0.338 e. The number of thiazole rings is 1. The van der Waals surface area contributed by atoms with E-state index in [1.807, 2.05) is 91.9 Å². The SMILES string of the molecule is CCOC(=O)C1=C(c2ccccc2)N=c2s/c(=C\c3ccc(OCc4ccc(C(=O)OCC)cc4)c(OCC)c3)c(=O)n2[C@H]1c1ccccc1. The Kier molecular flexibility index (Phi) is 10.7. The van der Waals surface area contributed by atoms with Crippen LogP contribution in [0.15, 0.2) is 118 Å². The molecular weight excluding hydrogens is 653 g/mol. The normalized spacial score (nSPS) is 14.1. The number of nitrogens with zero attached hydrogens (tertiary/aromatic N) is 2. The van der Waals surface area contributed by atoms with Crippen LogP contribution in [0.5, 0.6) is 11.5 Å². The zero-order chi connectivity index (χ0) is 35.0. The van der Waals surface area contributed by atoms with E-state index < -0.39 is 12.0 Å². The van der Waals surface area contributed by atoms with Gasteiger partial charge in [0.1, 0.15) is 6.61 Å². The standard InChI is InChI=1S/C40H36N2O7S/c1-4-46-32-23-27(19-22-31(32)49-25-26-17-20-30(21-18-26)38(44)47-5-2)24-33-37(43)42-36(29-15-11-8-12-16-29)34(39(45)48-6-3)35(41-40(42)50-33)28-13-9-7-10-14-28/h7-24,36H,4-6,25H2,1-3H3/b33-24-/t36-/m0/s1. The third-order valence-electron chi connectivity index (χ3n) is 7.91. The monoisotopic (exact) mass is 688 g/mol. The lowest BCUT2D eigenvalue weighted by Crippen LogP contribution is -2.39. The van der Waals surface area contributed by atoms with Crippen molar-refractivity contribution in [2.45, 2.75) is 33.4 Å². The first kappa shape index (κ1) is 34.1. The number of benzene rings is 4. The zero-order valence-corrected chi connectivity index (χ0v) is 28.8. The number of ether oxygens (including phenoxy) is 4. The van der Waals surface area contributed by atoms with Gasteiger partial charge in [-0.25, -0.2) is 14.6 Å². The summed E-state index contributed by atoms with van der Waals surface area (Å²) in [4.78, 5) is 45.2. The van der Waals surface area contributed by atoms with Crippen molar-refractivity contribution in [2.75, 3.05) is 19.8 Å². The van der Waals surface area contributed by atoms with Gasteiger partial charge in [-0.05, 0) is 67.8 Å². The molecule has 10 heteroatoms. The molecule has 1 atom stereocenters. The number of carbonyl (C=O) groups excluding carboxylic acids is 2. The highest BCUT2D eigenvalue weighted by Crippen LogP contribution is 2.35. The van der Waals surface area contributed by atoms with Crippen molar-refractivity contribution in [1.29, 1.82) is 0 Å². The molecule has 254 valence electrons. The molecule has 0 fully saturated rings. The highest BCUT2D eigenvalue weighted by atomic mass is 32.1. The Morgan fingerprint density at radius 2 is 1.46 bits per heavy atom. The maximum Gasteiger partial charge on any atom is 0.338 e. The van der Waals surface area contributed by atoms with Crippen molar-refractivity contribution in [3.05, 3.63) is 156 Å². The predicted octanol–water partition coefficient (Wildman–Crippen LogP) is 6.09. The predicted molar refractivity (Wildman–Crippen MR) is 192 cm³/mol. The van der Waals surface area contributed by atoms with E-state index in [1.54, 1.807) is 42.7 Å². The molecule has 0 radical (unpaired) electrons. The molecular formula is C40H36N2O7S. The lowest BCUT2D eigenvalue weighted by molar-refractivity contribution is -0.138. The summed E-state index contributed by atoms with van der Waals surface area (Å²) in [6, 6.07) is 30.7. The van der Waals surface area contributed by atoms with E-state index >= 15 is 0 Å². The molecule has 0 saturated heterocycles. The van der Waals surface area contributed by atoms with E-state index in [9.17, 15) is 14.4 Å². The third kappa shape index (κ3) is 7.30. The van der Waals surface area contributed by atoms with Crippen LogP contribution in [0.2, 0.25) is 0 Å². The fourth-order valence-electron chi connectivity index (χ4n) is 5.66. The topological polar surface area (TPSA) is 105 Å². The molecule has 1 aliphatic rings. The van der Waals surface area contributed by atoms with Crippen LogP contribution in [-0.2, 0) is 20.9 Å². The average Bonchev–Trinajstić information content (AvgIpc) is 3.45. The van der Waals surface area contributed by atoms with E-state index in [2.05, 4.69) is 0 Å². The minimum Gasteiger partial charge on any atom is -0.490 e. The molecule has 6 rings (SSSR count). The highest BCUT2D eigenvalue weighted by Gasteiger charge is 2.35. The van der Waals surface area contributed by atoms with Gasteiger partial charge >= 0.3 is 11.9 Å². The maximum atomic E-state index is 14.2. The Hall–Kier alpha value is -5.74. The Labute approximate surface area is 293 Å². The average molecular weight is 689 g/mol. The first-order valence-electron chi connectivity index (χ1n) is 16.4. The van der Waals surface area contributed by atoms with Gasteiger partial charge in [0.15, 0.2) is 16.3 Å². The molecule has 50 heavy (non-hydrogen) atoms. The molecule has 0 amide bonds. The van der Waals surface area contributed by atoms with Gasteiger partial charge in [0.2, 0.25) is 0 Å². The Balaban J connectivity index is 1.38. The largest absolute Gasteiger partial charge is 0.490 e. The van der Waals surface area contributed by atoms with E-state index in [0.29, 0.717) is 50.9 Å². The Morgan fingerprint density at radius 3 is 2.14 bits per heavy atom. The second-order valence-electron chi connectivity index (χ2n) is 11.2. The van der Waals surface area contributed by atoms with Gasteiger partial charge in [0.25, 0.3) is 5.56 Å². The fraction of sp³-hybridized carbons (Fsp3) is 0.200. The van der Waals surface area contributed by atoms with Gasteiger partial charge < -0.3 is 18.9 Å². The lowest BCUT2D eigenvalue weighted by Gasteiger charge is -2.25. The summed E-state index contributed by atoms with van der Waals surface area (Å²) >= 11 is 1.25. The van der Waals surface area contributed by atoms with Crippen LogP contribution < -0.4 is 24.4 Å². The number of rotatable bonds is 12. The summed E-state index contributed by atoms with van der Waals surface area (Å²) in [6.07, 6.45) is 1.79. The number of aromatic nitrogens is 1. The van der Waals surface area contributed by atoms with Gasteiger partial charge in [-0.1, -0.05) is 90.2 Å². The summed E-state index contributed by atoms with van der Waals surface area (Å²) in [7, 11) is 0. The van der Waals surface area contributed by atoms with Crippen LogP contribution in [0.1, 0.15) is 59.4 Å². The van der Waals surface area contributed by atoms with Gasteiger partial charge in [0.05, 0.1) is 47.2 Å². The van der Waals surface area contributed by atoms with Crippen LogP contribution in [0.25, 0.3) is 11.8 Å². The van der Waals surface area contributed by atoms with Crippen LogP contribution in [0.3, 0.4) is 0 Å². The summed E-state index contributed by atoms with van der Waals surface area (Å²) < 4.78 is 24.7. The first-order chi connectivity index (χ1) is 24.4. The molecule has 1 aliphatic heterocycles. The molecule has 0 N–H and O–H groups in total. The molecule has 4 aromatic carbocycles. The number of hydrogen-bond donors (Lipinski definition) is 0. The summed E-state index contributed by atoms with van der Waals surface area (Å²) in [5, 5.41) is 0. The van der Waals surface area contributed by atoms with Crippen LogP contribution in [0.4, 0.5) is 0 Å². The fourth-order valence-corrected chi connectivity index (χ4v) is 6.66. The maximum absolute atomic E-state index is 14.2. The second-order valence-corrected chi connectivity index (χ2v) is 12.2. The third-order valence-corrected chi connectivity index (χ3v) is 8.90. The van der Waals surface area contributed by atoms with E-state index in [1.165, 1.54) is 11.3 Å². The van der Waals surface area contributed by atoms with E-state index in [0.717, 1.165) is 22.3 Å². The number of carbonyl (C=O) groups is 2. The van der Waals surface area contributed by atoms with Crippen LogP contribution in [0, 0.1) is 0 Å². The van der Waals surface area contributed by atoms with Crippen LogP contribution >= 0.6 is 11.3 Å². The minimum absolute atomic E-state index is 0.181. The van der Waals surface area contributed by atoms with Crippen molar-refractivity contribution in [3.63, 3.8) is 0 Å². The van der Waals surface area contributed by atoms with Crippen molar-refractivity contribution in [1.82, 2.24) is 4.57 Å². The summed E-state index contributed by atoms with van der Waals surface area (Å²) in [6.45, 7) is 6.57. The Morgan fingerprint density at radius 1 is 0.780 bits per heavy atom. The minimum atomic E-state index is -0.745. The molecule has 0 unspecified atom stereocenters. The van der Waals surface area contributed by atoms with E-state index in [-0.39, 0.29) is 24.7 Å². The highest BCUT2D eigenvalue weighted by molar-refractivity contribution is 7.07. The van der Waals surface area contributed by atoms with Gasteiger partial charge in [-0.2, -0.15) is 0 Å². The molecule has 0 spiro atoms. The molecule has 0 bridgehead atoms. The number of fused-ring (bicyclic) bond motifs is 1. The van der Waals surface area contributed by atoms with Gasteiger partial charge in [-0.3, -0.25) is 9.36 Å². The quantitative estimate of drug-likeness (QED) is 0.146. The number of esters is 2. The molecule has 9 nitrogen and oxygen atoms in total. The first-order valence-corrected chi connectivity index (χ1v) is 17.2. The molecule has 0 aliphatic carbocycles. The van der Waals surface area contributed by atoms with Gasteiger partial charge in [-0.15, -0.1) is 0 Å². The van der Waals surface area contributed by atoms with Crippen molar-refractivity contribution >= 4 is 35.0 Å². The van der Waals surface area contributed by atoms with Crippen molar-refractivity contribution in [2.24, 2.45) is 4.99 Å². The summed E-state index contributed by atoms with van der Waals surface area (Å²) in [5.74, 6) is 0.171. The molecule has 2 heterocycles. The summed E-state index contributed by atoms with van der Waals surface area (Å²) in [5.41, 5.74) is 4.10.